The molecule has 0 bridgehead atoms. The molecule has 0 spiro atoms. The van der Waals surface area contributed by atoms with Crippen molar-refractivity contribution in [3.8, 4) is 0 Å². The number of rotatable bonds is 6. The standard InChI is InChI=1S/C17H28N2S/c1-14(2)16-13-19(10-7-11-20-3)17(12-18-16)15-8-5-4-6-9-15/h4-6,8-9,14,16-18H,7,10-13H2,1-3H3. The number of piperazine rings is 1. The Balaban J connectivity index is 2.04. The molecule has 0 aliphatic carbocycles. The summed E-state index contributed by atoms with van der Waals surface area (Å²) in [6.07, 6.45) is 3.48. The molecular weight excluding hydrogens is 264 g/mol. The maximum Gasteiger partial charge on any atom is 0.0473 e. The molecule has 1 aromatic carbocycles. The van der Waals surface area contributed by atoms with Crippen LogP contribution in [0.3, 0.4) is 0 Å². The van der Waals surface area contributed by atoms with Crippen LogP contribution >= 0.6 is 11.8 Å². The largest absolute Gasteiger partial charge is 0.311 e. The van der Waals surface area contributed by atoms with E-state index >= 15 is 0 Å². The van der Waals surface area contributed by atoms with Crippen molar-refractivity contribution in [3.05, 3.63) is 35.9 Å². The Morgan fingerprint density at radius 3 is 2.70 bits per heavy atom. The Bertz CT molecular complexity index is 380. The predicted octanol–water partition coefficient (Wildman–Crippen LogP) is 3.41. The van der Waals surface area contributed by atoms with Gasteiger partial charge in [0.15, 0.2) is 0 Å². The van der Waals surface area contributed by atoms with Gasteiger partial charge in [0.1, 0.15) is 0 Å². The summed E-state index contributed by atoms with van der Waals surface area (Å²) < 4.78 is 0. The molecule has 1 saturated heterocycles. The lowest BCUT2D eigenvalue weighted by atomic mass is 9.96. The van der Waals surface area contributed by atoms with Crippen molar-refractivity contribution in [2.24, 2.45) is 5.92 Å². The van der Waals surface area contributed by atoms with Gasteiger partial charge in [0, 0.05) is 25.2 Å². The minimum atomic E-state index is 0.535. The highest BCUT2D eigenvalue weighted by Gasteiger charge is 2.29. The van der Waals surface area contributed by atoms with E-state index in [1.807, 2.05) is 11.8 Å². The van der Waals surface area contributed by atoms with E-state index in [4.69, 9.17) is 0 Å². The highest BCUT2D eigenvalue weighted by atomic mass is 32.2. The number of thioether (sulfide) groups is 1. The maximum absolute atomic E-state index is 3.74. The molecule has 20 heavy (non-hydrogen) atoms. The third-order valence-corrected chi connectivity index (χ3v) is 4.93. The van der Waals surface area contributed by atoms with Crippen LogP contribution in [-0.4, -0.2) is 42.6 Å². The van der Waals surface area contributed by atoms with Crippen molar-refractivity contribution >= 4 is 11.8 Å². The van der Waals surface area contributed by atoms with Gasteiger partial charge >= 0.3 is 0 Å². The molecule has 1 aliphatic heterocycles. The Kier molecular flexibility index (Phi) is 6.40. The van der Waals surface area contributed by atoms with E-state index in [0.717, 1.165) is 6.54 Å². The van der Waals surface area contributed by atoms with Crippen molar-refractivity contribution in [3.63, 3.8) is 0 Å². The van der Waals surface area contributed by atoms with Crippen LogP contribution in [0.25, 0.3) is 0 Å². The topological polar surface area (TPSA) is 15.3 Å². The lowest BCUT2D eigenvalue weighted by molar-refractivity contribution is 0.114. The summed E-state index contributed by atoms with van der Waals surface area (Å²) in [5.74, 6) is 1.97. The molecule has 0 amide bonds. The molecule has 0 saturated carbocycles. The highest BCUT2D eigenvalue weighted by Crippen LogP contribution is 2.25. The molecule has 0 radical (unpaired) electrons. The Morgan fingerprint density at radius 1 is 1.30 bits per heavy atom. The van der Waals surface area contributed by atoms with E-state index in [9.17, 15) is 0 Å². The molecule has 2 unspecified atom stereocenters. The molecule has 1 heterocycles. The first-order chi connectivity index (χ1) is 9.72. The fourth-order valence-corrected chi connectivity index (χ4v) is 3.36. The van der Waals surface area contributed by atoms with Crippen molar-refractivity contribution in [1.82, 2.24) is 10.2 Å². The van der Waals surface area contributed by atoms with Gasteiger partial charge in [-0.2, -0.15) is 11.8 Å². The fourth-order valence-electron chi connectivity index (χ4n) is 2.95. The van der Waals surface area contributed by atoms with Crippen molar-refractivity contribution in [2.75, 3.05) is 31.6 Å². The monoisotopic (exact) mass is 292 g/mol. The third kappa shape index (κ3) is 4.24. The molecule has 112 valence electrons. The van der Waals surface area contributed by atoms with Crippen molar-refractivity contribution < 1.29 is 0 Å². The Hall–Kier alpha value is -0.510. The van der Waals surface area contributed by atoms with Crippen LogP contribution in [0, 0.1) is 5.92 Å². The van der Waals surface area contributed by atoms with Gasteiger partial charge in [0.2, 0.25) is 0 Å². The van der Waals surface area contributed by atoms with Crippen LogP contribution in [0.5, 0.6) is 0 Å². The van der Waals surface area contributed by atoms with E-state index in [-0.39, 0.29) is 0 Å². The second-order valence-corrected chi connectivity index (χ2v) is 7.01. The van der Waals surface area contributed by atoms with Gasteiger partial charge in [-0.15, -0.1) is 0 Å². The molecule has 1 aromatic rings. The van der Waals surface area contributed by atoms with Crippen molar-refractivity contribution in [2.45, 2.75) is 32.4 Å². The molecular formula is C17H28N2S. The smallest absolute Gasteiger partial charge is 0.0473 e. The summed E-state index contributed by atoms with van der Waals surface area (Å²) in [7, 11) is 0. The summed E-state index contributed by atoms with van der Waals surface area (Å²) in [4.78, 5) is 2.69. The van der Waals surface area contributed by atoms with Crippen molar-refractivity contribution in [1.29, 1.82) is 0 Å². The summed E-state index contributed by atoms with van der Waals surface area (Å²) in [5, 5.41) is 3.74. The zero-order chi connectivity index (χ0) is 14.4. The average molecular weight is 292 g/mol. The van der Waals surface area contributed by atoms with Gasteiger partial charge in [-0.3, -0.25) is 4.90 Å². The molecule has 2 nitrogen and oxygen atoms in total. The quantitative estimate of drug-likeness (QED) is 0.809. The van der Waals surface area contributed by atoms with Gasteiger partial charge in [0.05, 0.1) is 0 Å². The molecule has 0 aromatic heterocycles. The molecule has 1 N–H and O–H groups in total. The maximum atomic E-state index is 3.74. The lowest BCUT2D eigenvalue weighted by Gasteiger charge is -2.42. The van der Waals surface area contributed by atoms with E-state index in [1.165, 1.54) is 30.8 Å². The van der Waals surface area contributed by atoms with E-state index in [2.05, 4.69) is 60.7 Å². The molecule has 1 aliphatic rings. The van der Waals surface area contributed by atoms with Gasteiger partial charge in [-0.1, -0.05) is 44.2 Å². The fraction of sp³-hybridized carbons (Fsp3) is 0.647. The van der Waals surface area contributed by atoms with Gasteiger partial charge in [0.25, 0.3) is 0 Å². The minimum absolute atomic E-state index is 0.535. The van der Waals surface area contributed by atoms with E-state index in [1.54, 1.807) is 0 Å². The minimum Gasteiger partial charge on any atom is -0.311 e. The first-order valence-corrected chi connectivity index (χ1v) is 9.13. The van der Waals surface area contributed by atoms with Gasteiger partial charge < -0.3 is 5.32 Å². The first-order valence-electron chi connectivity index (χ1n) is 7.73. The molecule has 3 heteroatoms. The number of nitrogens with one attached hydrogen (secondary N) is 1. The van der Waals surface area contributed by atoms with Crippen LogP contribution in [0.2, 0.25) is 0 Å². The average Bonchev–Trinajstić information content (AvgIpc) is 2.48. The summed E-state index contributed by atoms with van der Waals surface area (Å²) >= 11 is 1.95. The second kappa shape index (κ2) is 8.06. The van der Waals surface area contributed by atoms with Gasteiger partial charge in [-0.25, -0.2) is 0 Å². The number of benzene rings is 1. The molecule has 2 atom stereocenters. The number of nitrogens with zero attached hydrogens (tertiary/aromatic N) is 1. The zero-order valence-electron chi connectivity index (χ0n) is 13.0. The SMILES string of the molecule is CSCCCN1CC(C(C)C)NCC1c1ccccc1. The van der Waals surface area contributed by atoms with E-state index in [0.29, 0.717) is 18.0 Å². The van der Waals surface area contributed by atoms with Crippen LogP contribution in [0.1, 0.15) is 31.9 Å². The zero-order valence-corrected chi connectivity index (χ0v) is 13.8. The van der Waals surface area contributed by atoms with E-state index < -0.39 is 0 Å². The molecule has 2 rings (SSSR count). The highest BCUT2D eigenvalue weighted by molar-refractivity contribution is 7.98. The summed E-state index contributed by atoms with van der Waals surface area (Å²) in [6, 6.07) is 12.1. The van der Waals surface area contributed by atoms with Crippen LogP contribution in [0.15, 0.2) is 30.3 Å². The Labute approximate surface area is 128 Å². The third-order valence-electron chi connectivity index (χ3n) is 4.23. The Morgan fingerprint density at radius 2 is 2.05 bits per heavy atom. The first kappa shape index (κ1) is 15.9. The predicted molar refractivity (Wildman–Crippen MR) is 90.4 cm³/mol. The summed E-state index contributed by atoms with van der Waals surface area (Å²) in [6.45, 7) is 8.10. The van der Waals surface area contributed by atoms with Crippen LogP contribution < -0.4 is 5.32 Å². The van der Waals surface area contributed by atoms with Gasteiger partial charge in [-0.05, 0) is 36.5 Å². The molecule has 1 fully saturated rings. The van der Waals surface area contributed by atoms with Crippen LogP contribution in [0.4, 0.5) is 0 Å². The second-order valence-electron chi connectivity index (χ2n) is 6.03. The lowest BCUT2D eigenvalue weighted by Crippen LogP contribution is -2.54. The number of hydrogen-bond donors (Lipinski definition) is 1. The normalized spacial score (nSPS) is 24.2. The van der Waals surface area contributed by atoms with Crippen LogP contribution in [-0.2, 0) is 0 Å². The summed E-state index contributed by atoms with van der Waals surface area (Å²) in [5.41, 5.74) is 1.45. The number of hydrogen-bond acceptors (Lipinski definition) is 3.